The van der Waals surface area contributed by atoms with Gasteiger partial charge in [-0.3, -0.25) is 0 Å². The summed E-state index contributed by atoms with van der Waals surface area (Å²) in [6.45, 7) is 0. The number of hydrogen-bond donors (Lipinski definition) is 2. The molecule has 0 spiro atoms. The van der Waals surface area contributed by atoms with Crippen molar-refractivity contribution in [1.82, 2.24) is 4.98 Å². The Morgan fingerprint density at radius 2 is 2.12 bits per heavy atom. The predicted molar refractivity (Wildman–Crippen MR) is 71.0 cm³/mol. The van der Waals surface area contributed by atoms with Gasteiger partial charge in [-0.05, 0) is 40.2 Å². The SMILES string of the molecule is Nc1cc(Br)cnc1Nc1ccc(Cl)cc1F. The zero-order valence-electron chi connectivity index (χ0n) is 8.55. The van der Waals surface area contributed by atoms with Gasteiger partial charge in [0.1, 0.15) is 5.82 Å². The lowest BCUT2D eigenvalue weighted by molar-refractivity contribution is 0.632. The fourth-order valence-electron chi connectivity index (χ4n) is 1.28. The van der Waals surface area contributed by atoms with E-state index in [0.29, 0.717) is 16.5 Å². The van der Waals surface area contributed by atoms with Crippen molar-refractivity contribution in [3.8, 4) is 0 Å². The van der Waals surface area contributed by atoms with E-state index in [0.717, 1.165) is 4.47 Å². The van der Waals surface area contributed by atoms with Gasteiger partial charge in [0.2, 0.25) is 0 Å². The highest BCUT2D eigenvalue weighted by Crippen LogP contribution is 2.26. The highest BCUT2D eigenvalue weighted by molar-refractivity contribution is 9.10. The lowest BCUT2D eigenvalue weighted by Gasteiger charge is -2.09. The summed E-state index contributed by atoms with van der Waals surface area (Å²) >= 11 is 8.90. The van der Waals surface area contributed by atoms with Gasteiger partial charge in [-0.15, -0.1) is 0 Å². The van der Waals surface area contributed by atoms with Gasteiger partial charge in [-0.1, -0.05) is 11.6 Å². The van der Waals surface area contributed by atoms with Crippen LogP contribution in [0.15, 0.2) is 34.9 Å². The molecule has 3 nitrogen and oxygen atoms in total. The molecule has 2 rings (SSSR count). The summed E-state index contributed by atoms with van der Waals surface area (Å²) in [6.07, 6.45) is 1.58. The number of nitrogens with zero attached hydrogens (tertiary/aromatic N) is 1. The van der Waals surface area contributed by atoms with Crippen LogP contribution < -0.4 is 11.1 Å². The molecule has 6 heteroatoms. The number of nitrogens with two attached hydrogens (primary N) is 1. The highest BCUT2D eigenvalue weighted by atomic mass is 79.9. The maximum atomic E-state index is 13.5. The molecule has 0 bridgehead atoms. The van der Waals surface area contributed by atoms with E-state index in [1.807, 2.05) is 0 Å². The van der Waals surface area contributed by atoms with Gasteiger partial charge in [-0.2, -0.15) is 0 Å². The molecule has 0 radical (unpaired) electrons. The first-order chi connectivity index (χ1) is 8.06. The Bertz CT molecular complexity index is 513. The van der Waals surface area contributed by atoms with Crippen molar-refractivity contribution >= 4 is 44.7 Å². The molecule has 0 atom stereocenters. The van der Waals surface area contributed by atoms with Crippen molar-refractivity contribution in [3.05, 3.63) is 45.8 Å². The minimum atomic E-state index is -0.457. The molecular formula is C11H8BrClFN3. The Kier molecular flexibility index (Phi) is 3.49. The molecular weight excluding hydrogens is 308 g/mol. The summed E-state index contributed by atoms with van der Waals surface area (Å²) in [5.74, 6) is -0.0592. The van der Waals surface area contributed by atoms with Gasteiger partial charge in [0, 0.05) is 15.7 Å². The predicted octanol–water partition coefficient (Wildman–Crippen LogP) is 3.96. The van der Waals surface area contributed by atoms with Gasteiger partial charge in [0.05, 0.1) is 11.4 Å². The zero-order chi connectivity index (χ0) is 12.4. The Labute approximate surface area is 111 Å². The molecule has 88 valence electrons. The summed E-state index contributed by atoms with van der Waals surface area (Å²) < 4.78 is 14.3. The average Bonchev–Trinajstić information content (AvgIpc) is 2.25. The number of rotatable bonds is 2. The first-order valence-corrected chi connectivity index (χ1v) is 5.86. The van der Waals surface area contributed by atoms with E-state index in [4.69, 9.17) is 17.3 Å². The number of nitrogens with one attached hydrogen (secondary N) is 1. The van der Waals surface area contributed by atoms with Gasteiger partial charge in [0.25, 0.3) is 0 Å². The summed E-state index contributed by atoms with van der Waals surface area (Å²) in [5, 5.41) is 3.14. The van der Waals surface area contributed by atoms with Crippen LogP contribution in [-0.2, 0) is 0 Å². The molecule has 0 amide bonds. The number of nitrogen functional groups attached to an aromatic ring is 1. The quantitative estimate of drug-likeness (QED) is 0.881. The van der Waals surface area contributed by atoms with Crippen molar-refractivity contribution in [1.29, 1.82) is 0 Å². The van der Waals surface area contributed by atoms with Crippen LogP contribution in [0.5, 0.6) is 0 Å². The minimum absolute atomic E-state index is 0.274. The van der Waals surface area contributed by atoms with Crippen molar-refractivity contribution in [2.75, 3.05) is 11.1 Å². The number of anilines is 3. The number of halogens is 3. The van der Waals surface area contributed by atoms with Crippen LogP contribution in [0.1, 0.15) is 0 Å². The molecule has 17 heavy (non-hydrogen) atoms. The summed E-state index contributed by atoms with van der Waals surface area (Å²) in [4.78, 5) is 4.05. The molecule has 0 fully saturated rings. The molecule has 0 saturated heterocycles. The third-order valence-electron chi connectivity index (χ3n) is 2.07. The maximum absolute atomic E-state index is 13.5. The smallest absolute Gasteiger partial charge is 0.153 e. The number of pyridine rings is 1. The van der Waals surface area contributed by atoms with Crippen molar-refractivity contribution in [3.63, 3.8) is 0 Å². The monoisotopic (exact) mass is 315 g/mol. The number of aromatic nitrogens is 1. The highest BCUT2D eigenvalue weighted by Gasteiger charge is 2.06. The average molecular weight is 317 g/mol. The molecule has 0 unspecified atom stereocenters. The second-order valence-electron chi connectivity index (χ2n) is 3.34. The molecule has 0 aliphatic carbocycles. The van der Waals surface area contributed by atoms with E-state index in [-0.39, 0.29) is 5.69 Å². The van der Waals surface area contributed by atoms with Crippen molar-refractivity contribution in [2.45, 2.75) is 0 Å². The summed E-state index contributed by atoms with van der Waals surface area (Å²) in [6, 6.07) is 6.02. The normalized spacial score (nSPS) is 10.3. The van der Waals surface area contributed by atoms with Crippen LogP contribution in [0, 0.1) is 5.82 Å². The Morgan fingerprint density at radius 1 is 1.35 bits per heavy atom. The second-order valence-corrected chi connectivity index (χ2v) is 4.69. The largest absolute Gasteiger partial charge is 0.396 e. The van der Waals surface area contributed by atoms with Gasteiger partial charge >= 0.3 is 0 Å². The molecule has 1 aromatic carbocycles. The van der Waals surface area contributed by atoms with Crippen LogP contribution >= 0.6 is 27.5 Å². The summed E-state index contributed by atoms with van der Waals surface area (Å²) in [7, 11) is 0. The van der Waals surface area contributed by atoms with E-state index in [2.05, 4.69) is 26.2 Å². The first kappa shape index (κ1) is 12.1. The lowest BCUT2D eigenvalue weighted by atomic mass is 10.3. The van der Waals surface area contributed by atoms with Crippen LogP contribution in [0.2, 0.25) is 5.02 Å². The van der Waals surface area contributed by atoms with Crippen molar-refractivity contribution < 1.29 is 4.39 Å². The molecule has 0 saturated carbocycles. The Hall–Kier alpha value is -1.33. The molecule has 1 aromatic heterocycles. The maximum Gasteiger partial charge on any atom is 0.153 e. The van der Waals surface area contributed by atoms with E-state index >= 15 is 0 Å². The second kappa shape index (κ2) is 4.89. The van der Waals surface area contributed by atoms with Crippen LogP contribution in [0.4, 0.5) is 21.6 Å². The number of benzene rings is 1. The van der Waals surface area contributed by atoms with Crippen LogP contribution in [-0.4, -0.2) is 4.98 Å². The summed E-state index contributed by atoms with van der Waals surface area (Å²) in [5.41, 5.74) is 6.44. The Morgan fingerprint density at radius 3 is 2.76 bits per heavy atom. The third kappa shape index (κ3) is 2.87. The Balaban J connectivity index is 2.31. The van der Waals surface area contributed by atoms with Crippen molar-refractivity contribution in [2.24, 2.45) is 0 Å². The van der Waals surface area contributed by atoms with E-state index < -0.39 is 5.82 Å². The fourth-order valence-corrected chi connectivity index (χ4v) is 1.79. The van der Waals surface area contributed by atoms with Gasteiger partial charge < -0.3 is 11.1 Å². The topological polar surface area (TPSA) is 50.9 Å². The van der Waals surface area contributed by atoms with E-state index in [1.165, 1.54) is 12.1 Å². The molecule has 1 heterocycles. The lowest BCUT2D eigenvalue weighted by Crippen LogP contribution is -2.00. The molecule has 3 N–H and O–H groups in total. The number of hydrogen-bond acceptors (Lipinski definition) is 3. The minimum Gasteiger partial charge on any atom is -0.396 e. The van der Waals surface area contributed by atoms with Gasteiger partial charge in [-0.25, -0.2) is 9.37 Å². The van der Waals surface area contributed by atoms with E-state index in [9.17, 15) is 4.39 Å². The third-order valence-corrected chi connectivity index (χ3v) is 2.74. The van der Waals surface area contributed by atoms with Crippen LogP contribution in [0.25, 0.3) is 0 Å². The zero-order valence-corrected chi connectivity index (χ0v) is 10.9. The first-order valence-electron chi connectivity index (χ1n) is 4.69. The van der Waals surface area contributed by atoms with E-state index in [1.54, 1.807) is 18.3 Å². The standard InChI is InChI=1S/C11H8BrClFN3/c12-6-3-9(15)11(16-5-6)17-10-2-1-7(13)4-8(10)14/h1-5H,15H2,(H,16,17). The van der Waals surface area contributed by atoms with Crippen LogP contribution in [0.3, 0.4) is 0 Å². The fraction of sp³-hybridized carbons (Fsp3) is 0. The molecule has 2 aromatic rings. The molecule has 0 aliphatic rings. The van der Waals surface area contributed by atoms with Gasteiger partial charge in [0.15, 0.2) is 5.82 Å². The molecule has 0 aliphatic heterocycles.